The van der Waals surface area contributed by atoms with E-state index >= 15 is 0 Å². The summed E-state index contributed by atoms with van der Waals surface area (Å²) in [5, 5.41) is 9.39. The van der Waals surface area contributed by atoms with Crippen molar-refractivity contribution in [2.45, 2.75) is 0 Å². The van der Waals surface area contributed by atoms with Gasteiger partial charge in [0.05, 0.1) is 16.0 Å². The van der Waals surface area contributed by atoms with Gasteiger partial charge in [-0.1, -0.05) is 0 Å². The first kappa shape index (κ1) is 9.67. The summed E-state index contributed by atoms with van der Waals surface area (Å²) >= 11 is 1.46. The van der Waals surface area contributed by atoms with Crippen LogP contribution >= 0.6 is 11.3 Å². The number of aromatic nitrogens is 1. The number of carbonyl (C=O) groups excluding carboxylic acids is 1. The molecule has 1 aromatic carbocycles. The van der Waals surface area contributed by atoms with Gasteiger partial charge in [-0.25, -0.2) is 0 Å². The van der Waals surface area contributed by atoms with Gasteiger partial charge in [0.1, 0.15) is 5.75 Å². The summed E-state index contributed by atoms with van der Waals surface area (Å²) in [6.07, 6.45) is 1.70. The molecular formula is C10H8N2O2S. The number of nitrogens with zero attached hydrogens (tertiary/aromatic N) is 1. The topological polar surface area (TPSA) is 76.2 Å². The van der Waals surface area contributed by atoms with Crippen LogP contribution in [-0.4, -0.2) is 16.0 Å². The Morgan fingerprint density at radius 3 is 2.87 bits per heavy atom. The highest BCUT2D eigenvalue weighted by atomic mass is 32.1. The molecule has 2 rings (SSSR count). The molecule has 5 heteroatoms. The van der Waals surface area contributed by atoms with E-state index in [4.69, 9.17) is 5.73 Å². The Kier molecular flexibility index (Phi) is 2.39. The SMILES string of the molecule is NC(=O)c1cc(-c2cncs2)ccc1O. The summed E-state index contributed by atoms with van der Waals surface area (Å²) in [4.78, 5) is 15.9. The van der Waals surface area contributed by atoms with Crippen LogP contribution in [0.15, 0.2) is 29.9 Å². The van der Waals surface area contributed by atoms with Crippen molar-refractivity contribution in [1.29, 1.82) is 0 Å². The van der Waals surface area contributed by atoms with Gasteiger partial charge < -0.3 is 10.8 Å². The molecule has 4 nitrogen and oxygen atoms in total. The number of phenols is 1. The van der Waals surface area contributed by atoms with Crippen LogP contribution < -0.4 is 5.73 Å². The molecular weight excluding hydrogens is 212 g/mol. The number of aromatic hydroxyl groups is 1. The fraction of sp³-hybridized carbons (Fsp3) is 0. The molecule has 0 aliphatic carbocycles. The molecule has 3 N–H and O–H groups in total. The van der Waals surface area contributed by atoms with Crippen LogP contribution in [-0.2, 0) is 0 Å². The highest BCUT2D eigenvalue weighted by Gasteiger charge is 2.09. The summed E-state index contributed by atoms with van der Waals surface area (Å²) in [6.45, 7) is 0. The van der Waals surface area contributed by atoms with E-state index in [0.29, 0.717) is 0 Å². The summed E-state index contributed by atoms with van der Waals surface area (Å²) in [5.74, 6) is -0.741. The zero-order chi connectivity index (χ0) is 10.8. The molecule has 1 amide bonds. The normalized spacial score (nSPS) is 10.1. The zero-order valence-corrected chi connectivity index (χ0v) is 8.49. The van der Waals surface area contributed by atoms with Gasteiger partial charge in [-0.05, 0) is 23.8 Å². The van der Waals surface area contributed by atoms with Gasteiger partial charge in [0.25, 0.3) is 5.91 Å². The van der Waals surface area contributed by atoms with Crippen molar-refractivity contribution < 1.29 is 9.90 Å². The molecule has 0 radical (unpaired) electrons. The van der Waals surface area contributed by atoms with Crippen molar-refractivity contribution in [2.75, 3.05) is 0 Å². The lowest BCUT2D eigenvalue weighted by molar-refractivity contribution is 0.0998. The van der Waals surface area contributed by atoms with Crippen LogP contribution in [0.25, 0.3) is 10.4 Å². The number of carbonyl (C=O) groups is 1. The fourth-order valence-electron chi connectivity index (χ4n) is 1.25. The molecule has 0 saturated heterocycles. The van der Waals surface area contributed by atoms with E-state index in [-0.39, 0.29) is 11.3 Å². The minimum atomic E-state index is -0.640. The number of nitrogens with two attached hydrogens (primary N) is 1. The largest absolute Gasteiger partial charge is 0.507 e. The minimum absolute atomic E-state index is 0.101. The van der Waals surface area contributed by atoms with Crippen LogP contribution in [0, 0.1) is 0 Å². The molecule has 15 heavy (non-hydrogen) atoms. The van der Waals surface area contributed by atoms with E-state index < -0.39 is 5.91 Å². The first-order chi connectivity index (χ1) is 7.18. The second-order valence-electron chi connectivity index (χ2n) is 2.96. The van der Waals surface area contributed by atoms with E-state index in [2.05, 4.69) is 4.98 Å². The average Bonchev–Trinajstić information content (AvgIpc) is 2.71. The van der Waals surface area contributed by atoms with Gasteiger partial charge in [-0.3, -0.25) is 9.78 Å². The van der Waals surface area contributed by atoms with Crippen molar-refractivity contribution in [2.24, 2.45) is 5.73 Å². The molecule has 0 aliphatic heterocycles. The van der Waals surface area contributed by atoms with Crippen molar-refractivity contribution in [3.8, 4) is 16.2 Å². The third-order valence-corrected chi connectivity index (χ3v) is 2.80. The molecule has 0 bridgehead atoms. The molecule has 0 spiro atoms. The van der Waals surface area contributed by atoms with Crippen LogP contribution in [0.1, 0.15) is 10.4 Å². The maximum Gasteiger partial charge on any atom is 0.252 e. The molecule has 0 unspecified atom stereocenters. The predicted molar refractivity (Wildman–Crippen MR) is 57.7 cm³/mol. The molecule has 0 aliphatic rings. The number of benzene rings is 1. The van der Waals surface area contributed by atoms with Gasteiger partial charge >= 0.3 is 0 Å². The first-order valence-electron chi connectivity index (χ1n) is 4.20. The van der Waals surface area contributed by atoms with E-state index in [9.17, 15) is 9.90 Å². The highest BCUT2D eigenvalue weighted by molar-refractivity contribution is 7.13. The summed E-state index contributed by atoms with van der Waals surface area (Å²) in [6, 6.07) is 4.73. The molecule has 1 aromatic heterocycles. The van der Waals surface area contributed by atoms with E-state index in [1.807, 2.05) is 0 Å². The Morgan fingerprint density at radius 2 is 2.27 bits per heavy atom. The first-order valence-corrected chi connectivity index (χ1v) is 5.08. The lowest BCUT2D eigenvalue weighted by Crippen LogP contribution is -2.11. The summed E-state index contributed by atoms with van der Waals surface area (Å²) < 4.78 is 0. The van der Waals surface area contributed by atoms with Crippen molar-refractivity contribution in [3.63, 3.8) is 0 Å². The van der Waals surface area contributed by atoms with Crippen LogP contribution in [0.3, 0.4) is 0 Å². The van der Waals surface area contributed by atoms with Crippen molar-refractivity contribution in [1.82, 2.24) is 4.98 Å². The smallest absolute Gasteiger partial charge is 0.252 e. The third kappa shape index (κ3) is 1.82. The maximum atomic E-state index is 11.0. The van der Waals surface area contributed by atoms with Gasteiger partial charge in [0.15, 0.2) is 0 Å². The predicted octanol–water partition coefficient (Wildman–Crippen LogP) is 1.61. The lowest BCUT2D eigenvalue weighted by Gasteiger charge is -2.02. The number of hydrogen-bond acceptors (Lipinski definition) is 4. The Labute approximate surface area is 90.0 Å². The minimum Gasteiger partial charge on any atom is -0.507 e. The van der Waals surface area contributed by atoms with Crippen LogP contribution in [0.5, 0.6) is 5.75 Å². The highest BCUT2D eigenvalue weighted by Crippen LogP contribution is 2.27. The molecule has 1 heterocycles. The second kappa shape index (κ2) is 3.70. The standard InChI is InChI=1S/C10H8N2O2S/c11-10(14)7-3-6(1-2-8(7)13)9-4-12-5-15-9/h1-5,13H,(H2,11,14). The average molecular weight is 220 g/mol. The van der Waals surface area contributed by atoms with E-state index in [1.165, 1.54) is 17.4 Å². The van der Waals surface area contributed by atoms with Gasteiger partial charge in [0.2, 0.25) is 0 Å². The van der Waals surface area contributed by atoms with Crippen LogP contribution in [0.4, 0.5) is 0 Å². The Bertz CT molecular complexity index is 494. The third-order valence-electron chi connectivity index (χ3n) is 1.98. The molecule has 0 fully saturated rings. The Balaban J connectivity index is 2.52. The number of primary amides is 1. The second-order valence-corrected chi connectivity index (χ2v) is 3.85. The van der Waals surface area contributed by atoms with Crippen molar-refractivity contribution in [3.05, 3.63) is 35.5 Å². The maximum absolute atomic E-state index is 11.0. The van der Waals surface area contributed by atoms with Gasteiger partial charge in [-0.15, -0.1) is 11.3 Å². The van der Waals surface area contributed by atoms with Crippen LogP contribution in [0.2, 0.25) is 0 Å². The molecule has 76 valence electrons. The zero-order valence-electron chi connectivity index (χ0n) is 7.68. The molecule has 0 atom stereocenters. The molecule has 0 saturated carbocycles. The Hall–Kier alpha value is -1.88. The van der Waals surface area contributed by atoms with Gasteiger partial charge in [-0.2, -0.15) is 0 Å². The lowest BCUT2D eigenvalue weighted by atomic mass is 10.1. The quantitative estimate of drug-likeness (QED) is 0.807. The van der Waals surface area contributed by atoms with E-state index in [1.54, 1.807) is 23.8 Å². The van der Waals surface area contributed by atoms with E-state index in [0.717, 1.165) is 10.4 Å². The number of rotatable bonds is 2. The monoisotopic (exact) mass is 220 g/mol. The van der Waals surface area contributed by atoms with Crippen molar-refractivity contribution >= 4 is 17.2 Å². The fourth-order valence-corrected chi connectivity index (χ4v) is 1.87. The number of amides is 1. The summed E-state index contributed by atoms with van der Waals surface area (Å²) in [5.41, 5.74) is 7.78. The number of hydrogen-bond donors (Lipinski definition) is 2. The summed E-state index contributed by atoms with van der Waals surface area (Å²) in [7, 11) is 0. The Morgan fingerprint density at radius 1 is 1.47 bits per heavy atom. The molecule has 2 aromatic rings. The van der Waals surface area contributed by atoms with Gasteiger partial charge in [0, 0.05) is 6.20 Å². The number of thiazole rings is 1.